The fourth-order valence-electron chi connectivity index (χ4n) is 2.08. The van der Waals surface area contributed by atoms with Crippen LogP contribution >= 0.6 is 11.6 Å². The van der Waals surface area contributed by atoms with E-state index in [-0.39, 0.29) is 5.38 Å². The number of pyridine rings is 1. The minimum atomic E-state index is -0.0870. The summed E-state index contributed by atoms with van der Waals surface area (Å²) in [6, 6.07) is 11.9. The lowest BCUT2D eigenvalue weighted by atomic mass is 10.0. The number of fused-ring (bicyclic) bond motifs is 1. The zero-order valence-electron chi connectivity index (χ0n) is 9.71. The smallest absolute Gasteiger partial charge is 0.134 e. The van der Waals surface area contributed by atoms with Crippen molar-refractivity contribution < 1.29 is 4.42 Å². The first kappa shape index (κ1) is 11.3. The van der Waals surface area contributed by atoms with Crippen molar-refractivity contribution in [3.05, 3.63) is 66.2 Å². The molecule has 1 atom stereocenters. The monoisotopic (exact) mass is 257 g/mol. The highest BCUT2D eigenvalue weighted by Gasteiger charge is 2.14. The summed E-state index contributed by atoms with van der Waals surface area (Å²) in [7, 11) is 0. The van der Waals surface area contributed by atoms with Gasteiger partial charge in [-0.25, -0.2) is 0 Å². The molecule has 18 heavy (non-hydrogen) atoms. The third-order valence-corrected chi connectivity index (χ3v) is 3.40. The molecule has 0 N–H and O–H groups in total. The van der Waals surface area contributed by atoms with Crippen LogP contribution in [0.15, 0.2) is 59.5 Å². The Kier molecular flexibility index (Phi) is 3.03. The minimum absolute atomic E-state index is 0.0870. The molecule has 0 radical (unpaired) electrons. The van der Waals surface area contributed by atoms with Gasteiger partial charge >= 0.3 is 0 Å². The molecule has 0 spiro atoms. The summed E-state index contributed by atoms with van der Waals surface area (Å²) < 4.78 is 5.51. The van der Waals surface area contributed by atoms with Crippen LogP contribution in [-0.2, 0) is 6.42 Å². The van der Waals surface area contributed by atoms with Crippen LogP contribution in [0.1, 0.15) is 16.5 Å². The van der Waals surface area contributed by atoms with E-state index >= 15 is 0 Å². The molecule has 3 heteroatoms. The predicted octanol–water partition coefficient (Wildman–Crippen LogP) is 4.35. The molecule has 1 aromatic carbocycles. The second-order valence-electron chi connectivity index (χ2n) is 4.21. The van der Waals surface area contributed by atoms with Crippen LogP contribution in [0.5, 0.6) is 0 Å². The standard InChI is InChI=1S/C15H12ClNO/c16-14(9-11-5-7-17-8-6-11)13-10-18-15-4-2-1-3-12(13)15/h1-8,10,14H,9H2. The Morgan fingerprint density at radius 2 is 1.89 bits per heavy atom. The fraction of sp³-hybridized carbons (Fsp3) is 0.133. The first-order valence-corrected chi connectivity index (χ1v) is 6.27. The molecule has 2 heterocycles. The molecule has 0 amide bonds. The summed E-state index contributed by atoms with van der Waals surface area (Å²) in [6.45, 7) is 0. The van der Waals surface area contributed by atoms with Crippen molar-refractivity contribution in [3.8, 4) is 0 Å². The third kappa shape index (κ3) is 2.12. The molecule has 0 aliphatic rings. The van der Waals surface area contributed by atoms with E-state index in [4.69, 9.17) is 16.0 Å². The molecule has 1 unspecified atom stereocenters. The van der Waals surface area contributed by atoms with Crippen molar-refractivity contribution in [3.63, 3.8) is 0 Å². The van der Waals surface area contributed by atoms with Gasteiger partial charge in [-0.2, -0.15) is 0 Å². The zero-order chi connectivity index (χ0) is 12.4. The number of benzene rings is 1. The van der Waals surface area contributed by atoms with Gasteiger partial charge in [-0.1, -0.05) is 18.2 Å². The molecule has 3 rings (SSSR count). The zero-order valence-corrected chi connectivity index (χ0v) is 10.5. The van der Waals surface area contributed by atoms with E-state index in [1.165, 1.54) is 5.56 Å². The summed E-state index contributed by atoms with van der Waals surface area (Å²) >= 11 is 6.48. The largest absolute Gasteiger partial charge is 0.464 e. The molecule has 3 aromatic rings. The van der Waals surface area contributed by atoms with Gasteiger partial charge in [-0.15, -0.1) is 11.6 Å². The van der Waals surface area contributed by atoms with Crippen molar-refractivity contribution in [2.45, 2.75) is 11.8 Å². The third-order valence-electron chi connectivity index (χ3n) is 3.01. The Balaban J connectivity index is 1.90. The van der Waals surface area contributed by atoms with Crippen molar-refractivity contribution in [2.75, 3.05) is 0 Å². The molecule has 0 aliphatic carbocycles. The SMILES string of the molecule is ClC(Cc1ccncc1)c1coc2ccccc12. The maximum absolute atomic E-state index is 6.48. The Morgan fingerprint density at radius 1 is 1.11 bits per heavy atom. The molecule has 0 bridgehead atoms. The first-order valence-electron chi connectivity index (χ1n) is 5.83. The Hall–Kier alpha value is -1.80. The van der Waals surface area contributed by atoms with Crippen LogP contribution in [0.4, 0.5) is 0 Å². The number of aromatic nitrogens is 1. The van der Waals surface area contributed by atoms with Crippen LogP contribution in [0.25, 0.3) is 11.0 Å². The second kappa shape index (κ2) is 4.83. The van der Waals surface area contributed by atoms with Gasteiger partial charge in [-0.3, -0.25) is 4.98 Å². The van der Waals surface area contributed by atoms with Crippen LogP contribution in [0.2, 0.25) is 0 Å². The number of nitrogens with zero attached hydrogens (tertiary/aromatic N) is 1. The summed E-state index contributed by atoms with van der Waals surface area (Å²) in [6.07, 6.45) is 6.09. The van der Waals surface area contributed by atoms with Gasteiger partial charge in [0, 0.05) is 23.3 Å². The molecule has 0 aliphatic heterocycles. The molecule has 0 saturated heterocycles. The van der Waals surface area contributed by atoms with Gasteiger partial charge in [-0.05, 0) is 30.2 Å². The maximum atomic E-state index is 6.48. The van der Waals surface area contributed by atoms with Crippen molar-refractivity contribution in [1.82, 2.24) is 4.98 Å². The molecule has 0 fully saturated rings. The highest BCUT2D eigenvalue weighted by Crippen LogP contribution is 2.32. The van der Waals surface area contributed by atoms with E-state index < -0.39 is 0 Å². The Morgan fingerprint density at radius 3 is 2.72 bits per heavy atom. The van der Waals surface area contributed by atoms with Crippen molar-refractivity contribution >= 4 is 22.6 Å². The number of furan rings is 1. The van der Waals surface area contributed by atoms with Crippen LogP contribution in [0.3, 0.4) is 0 Å². The van der Waals surface area contributed by atoms with Gasteiger partial charge in [0.05, 0.1) is 11.6 Å². The second-order valence-corrected chi connectivity index (χ2v) is 4.74. The Labute approximate surface area is 110 Å². The lowest BCUT2D eigenvalue weighted by Crippen LogP contribution is -1.95. The summed E-state index contributed by atoms with van der Waals surface area (Å²) in [5.74, 6) is 0. The number of hydrogen-bond donors (Lipinski definition) is 0. The average Bonchev–Trinajstić information content (AvgIpc) is 2.84. The van der Waals surface area contributed by atoms with Gasteiger partial charge in [0.2, 0.25) is 0 Å². The van der Waals surface area contributed by atoms with Gasteiger partial charge in [0.15, 0.2) is 0 Å². The van der Waals surface area contributed by atoms with E-state index in [0.29, 0.717) is 0 Å². The molecule has 2 aromatic heterocycles. The predicted molar refractivity (Wildman–Crippen MR) is 72.7 cm³/mol. The summed E-state index contributed by atoms with van der Waals surface area (Å²) in [5.41, 5.74) is 3.10. The summed E-state index contributed by atoms with van der Waals surface area (Å²) in [5, 5.41) is 1.00. The van der Waals surface area contributed by atoms with E-state index in [1.807, 2.05) is 36.4 Å². The van der Waals surface area contributed by atoms with E-state index in [0.717, 1.165) is 23.0 Å². The Bertz CT molecular complexity index is 648. The van der Waals surface area contributed by atoms with Gasteiger partial charge in [0.25, 0.3) is 0 Å². The van der Waals surface area contributed by atoms with Crippen LogP contribution in [0, 0.1) is 0 Å². The minimum Gasteiger partial charge on any atom is -0.464 e. The van der Waals surface area contributed by atoms with E-state index in [1.54, 1.807) is 18.7 Å². The van der Waals surface area contributed by atoms with E-state index in [9.17, 15) is 0 Å². The number of alkyl halides is 1. The van der Waals surface area contributed by atoms with Gasteiger partial charge < -0.3 is 4.42 Å². The number of halogens is 1. The summed E-state index contributed by atoms with van der Waals surface area (Å²) in [4.78, 5) is 4.00. The number of hydrogen-bond acceptors (Lipinski definition) is 2. The molecular formula is C15H12ClNO. The first-order chi connectivity index (χ1) is 8.84. The average molecular weight is 258 g/mol. The van der Waals surface area contributed by atoms with Crippen molar-refractivity contribution in [1.29, 1.82) is 0 Å². The number of para-hydroxylation sites is 1. The van der Waals surface area contributed by atoms with Crippen molar-refractivity contribution in [2.24, 2.45) is 0 Å². The highest BCUT2D eigenvalue weighted by molar-refractivity contribution is 6.21. The van der Waals surface area contributed by atoms with Crippen LogP contribution < -0.4 is 0 Å². The van der Waals surface area contributed by atoms with E-state index in [2.05, 4.69) is 4.98 Å². The topological polar surface area (TPSA) is 26.0 Å². The lowest BCUT2D eigenvalue weighted by molar-refractivity contribution is 0.609. The number of rotatable bonds is 3. The highest BCUT2D eigenvalue weighted by atomic mass is 35.5. The molecular weight excluding hydrogens is 246 g/mol. The van der Waals surface area contributed by atoms with Crippen LogP contribution in [-0.4, -0.2) is 4.98 Å². The molecule has 2 nitrogen and oxygen atoms in total. The lowest BCUT2D eigenvalue weighted by Gasteiger charge is -2.07. The maximum Gasteiger partial charge on any atom is 0.134 e. The fourth-order valence-corrected chi connectivity index (χ4v) is 2.42. The molecule has 0 saturated carbocycles. The quantitative estimate of drug-likeness (QED) is 0.652. The molecule has 90 valence electrons. The van der Waals surface area contributed by atoms with Gasteiger partial charge in [0.1, 0.15) is 5.58 Å². The normalized spacial score (nSPS) is 12.7.